The van der Waals surface area contributed by atoms with Crippen LogP contribution in [0.4, 0.5) is 8.78 Å². The summed E-state index contributed by atoms with van der Waals surface area (Å²) in [6.07, 6.45) is 4.49. The maximum atomic E-state index is 12.2. The van der Waals surface area contributed by atoms with Crippen LogP contribution in [0.15, 0.2) is 36.7 Å². The minimum absolute atomic E-state index is 0.0462. The van der Waals surface area contributed by atoms with E-state index in [2.05, 4.69) is 22.0 Å². The number of rotatable bonds is 7. The van der Waals surface area contributed by atoms with Crippen molar-refractivity contribution >= 4 is 5.91 Å². The Labute approximate surface area is 126 Å². The Hall–Kier alpha value is -2.44. The summed E-state index contributed by atoms with van der Waals surface area (Å²) >= 11 is 0. The van der Waals surface area contributed by atoms with Crippen LogP contribution < -0.4 is 10.1 Å². The molecule has 1 aromatic heterocycles. The van der Waals surface area contributed by atoms with Crippen LogP contribution in [0, 0.1) is 0 Å². The van der Waals surface area contributed by atoms with Gasteiger partial charge in [0.25, 0.3) is 5.91 Å². The maximum absolute atomic E-state index is 12.2. The molecule has 7 heteroatoms. The number of aryl methyl sites for hydroxylation is 1. The molecule has 1 heterocycles. The van der Waals surface area contributed by atoms with Gasteiger partial charge in [0.05, 0.1) is 6.54 Å². The Kier molecular flexibility index (Phi) is 5.46. The number of hydrogen-bond donors (Lipinski definition) is 1. The summed E-state index contributed by atoms with van der Waals surface area (Å²) in [7, 11) is 0. The predicted molar refractivity (Wildman–Crippen MR) is 76.8 cm³/mol. The highest BCUT2D eigenvalue weighted by Crippen LogP contribution is 2.16. The van der Waals surface area contributed by atoms with Crippen molar-refractivity contribution in [3.05, 3.63) is 48.0 Å². The van der Waals surface area contributed by atoms with Crippen molar-refractivity contribution in [2.75, 3.05) is 0 Å². The lowest BCUT2D eigenvalue weighted by Crippen LogP contribution is -2.24. The Morgan fingerprint density at radius 1 is 1.45 bits per heavy atom. The second-order valence-electron chi connectivity index (χ2n) is 4.63. The summed E-state index contributed by atoms with van der Waals surface area (Å²) in [4.78, 5) is 16.2. The van der Waals surface area contributed by atoms with E-state index in [4.69, 9.17) is 0 Å². The van der Waals surface area contributed by atoms with Gasteiger partial charge in [-0.15, -0.1) is 0 Å². The molecule has 1 amide bonds. The van der Waals surface area contributed by atoms with Gasteiger partial charge in [0.2, 0.25) is 0 Å². The summed E-state index contributed by atoms with van der Waals surface area (Å²) in [6.45, 7) is 0.228. The van der Waals surface area contributed by atoms with Gasteiger partial charge in [-0.25, -0.2) is 4.98 Å². The number of carbonyl (C=O) groups is 1. The van der Waals surface area contributed by atoms with Crippen molar-refractivity contribution in [1.82, 2.24) is 14.9 Å². The molecule has 0 bridgehead atoms. The van der Waals surface area contributed by atoms with Crippen LogP contribution in [0.1, 0.15) is 29.5 Å². The number of ether oxygens (including phenoxy) is 1. The number of alkyl halides is 2. The van der Waals surface area contributed by atoms with Crippen LogP contribution in [0.5, 0.6) is 5.75 Å². The third kappa shape index (κ3) is 4.28. The molecule has 2 aromatic rings. The number of imidazole rings is 1. The zero-order valence-electron chi connectivity index (χ0n) is 12.1. The van der Waals surface area contributed by atoms with Crippen molar-refractivity contribution in [3.63, 3.8) is 0 Å². The van der Waals surface area contributed by atoms with E-state index in [9.17, 15) is 13.6 Å². The fraction of sp³-hybridized carbons (Fsp3) is 0.333. The van der Waals surface area contributed by atoms with Crippen LogP contribution in [-0.2, 0) is 13.1 Å². The van der Waals surface area contributed by atoms with Crippen molar-refractivity contribution < 1.29 is 18.3 Å². The molecule has 0 unspecified atom stereocenters. The quantitative estimate of drug-likeness (QED) is 0.855. The van der Waals surface area contributed by atoms with E-state index in [0.29, 0.717) is 0 Å². The van der Waals surface area contributed by atoms with E-state index in [-0.39, 0.29) is 23.8 Å². The van der Waals surface area contributed by atoms with Gasteiger partial charge in [0.15, 0.2) is 0 Å². The standard InChI is InChI=1S/C15H17F2N3O2/c1-2-7-20-8-6-18-13(20)10-19-14(21)11-4-3-5-12(9-11)22-15(16)17/h3-6,8-9,15H,2,7,10H2,1H3,(H,19,21). The fourth-order valence-electron chi connectivity index (χ4n) is 2.03. The minimum Gasteiger partial charge on any atom is -0.435 e. The molecule has 5 nitrogen and oxygen atoms in total. The molecule has 0 radical (unpaired) electrons. The maximum Gasteiger partial charge on any atom is 0.387 e. The van der Waals surface area contributed by atoms with Crippen molar-refractivity contribution in [2.45, 2.75) is 33.0 Å². The first-order valence-electron chi connectivity index (χ1n) is 6.93. The highest BCUT2D eigenvalue weighted by Gasteiger charge is 2.10. The molecule has 0 aliphatic heterocycles. The molecule has 0 saturated carbocycles. The average Bonchev–Trinajstić information content (AvgIpc) is 2.92. The van der Waals surface area contributed by atoms with E-state index < -0.39 is 6.61 Å². The second kappa shape index (κ2) is 7.53. The lowest BCUT2D eigenvalue weighted by molar-refractivity contribution is -0.0498. The first-order chi connectivity index (χ1) is 10.6. The molecule has 118 valence electrons. The number of nitrogens with one attached hydrogen (secondary N) is 1. The molecule has 0 spiro atoms. The normalized spacial score (nSPS) is 10.7. The number of hydrogen-bond acceptors (Lipinski definition) is 3. The van der Waals surface area contributed by atoms with E-state index >= 15 is 0 Å². The number of benzene rings is 1. The SMILES string of the molecule is CCCn1ccnc1CNC(=O)c1cccc(OC(F)F)c1. The van der Waals surface area contributed by atoms with Gasteiger partial charge in [-0.2, -0.15) is 8.78 Å². The highest BCUT2D eigenvalue weighted by atomic mass is 19.3. The van der Waals surface area contributed by atoms with Gasteiger partial charge < -0.3 is 14.6 Å². The lowest BCUT2D eigenvalue weighted by Gasteiger charge is -2.09. The lowest BCUT2D eigenvalue weighted by atomic mass is 10.2. The number of aromatic nitrogens is 2. The van der Waals surface area contributed by atoms with Crippen LogP contribution >= 0.6 is 0 Å². The zero-order chi connectivity index (χ0) is 15.9. The van der Waals surface area contributed by atoms with Gasteiger partial charge in [-0.05, 0) is 24.6 Å². The minimum atomic E-state index is -2.92. The summed E-state index contributed by atoms with van der Waals surface area (Å²) in [6, 6.07) is 5.67. The molecule has 0 aliphatic rings. The van der Waals surface area contributed by atoms with Crippen molar-refractivity contribution in [3.8, 4) is 5.75 Å². The highest BCUT2D eigenvalue weighted by molar-refractivity contribution is 5.94. The van der Waals surface area contributed by atoms with Gasteiger partial charge in [-0.1, -0.05) is 13.0 Å². The summed E-state index contributed by atoms with van der Waals surface area (Å²) in [5, 5.41) is 2.72. The summed E-state index contributed by atoms with van der Waals surface area (Å²) in [5.74, 6) is 0.330. The van der Waals surface area contributed by atoms with E-state index in [1.54, 1.807) is 6.20 Å². The Morgan fingerprint density at radius 2 is 2.27 bits per heavy atom. The summed E-state index contributed by atoms with van der Waals surface area (Å²) < 4.78 is 30.6. The number of amides is 1. The third-order valence-electron chi connectivity index (χ3n) is 2.99. The molecule has 0 fully saturated rings. The van der Waals surface area contributed by atoms with Crippen LogP contribution in [0.25, 0.3) is 0 Å². The van der Waals surface area contributed by atoms with Gasteiger partial charge in [0.1, 0.15) is 11.6 Å². The molecule has 2 rings (SSSR count). The molecule has 22 heavy (non-hydrogen) atoms. The number of nitrogens with zero attached hydrogens (tertiary/aromatic N) is 2. The van der Waals surface area contributed by atoms with Crippen LogP contribution in [-0.4, -0.2) is 22.1 Å². The molecule has 0 aliphatic carbocycles. The molecule has 0 saturated heterocycles. The Bertz CT molecular complexity index is 629. The van der Waals surface area contributed by atoms with E-state index in [1.807, 2.05) is 10.8 Å². The smallest absolute Gasteiger partial charge is 0.387 e. The average molecular weight is 309 g/mol. The fourth-order valence-corrected chi connectivity index (χ4v) is 2.03. The molecule has 0 atom stereocenters. The number of carbonyl (C=O) groups excluding carboxylic acids is 1. The van der Waals surface area contributed by atoms with E-state index in [0.717, 1.165) is 18.8 Å². The topological polar surface area (TPSA) is 56.2 Å². The molecule has 1 aromatic carbocycles. The van der Waals surface area contributed by atoms with Crippen LogP contribution in [0.3, 0.4) is 0 Å². The van der Waals surface area contributed by atoms with Crippen molar-refractivity contribution in [2.24, 2.45) is 0 Å². The van der Waals surface area contributed by atoms with Gasteiger partial charge >= 0.3 is 6.61 Å². The Morgan fingerprint density at radius 3 is 3.00 bits per heavy atom. The largest absolute Gasteiger partial charge is 0.435 e. The molecular formula is C15H17F2N3O2. The van der Waals surface area contributed by atoms with Gasteiger partial charge in [0, 0.05) is 24.5 Å². The molecular weight excluding hydrogens is 292 g/mol. The van der Waals surface area contributed by atoms with Crippen molar-refractivity contribution in [1.29, 1.82) is 0 Å². The first kappa shape index (κ1) is 15.9. The Balaban J connectivity index is 1.98. The van der Waals surface area contributed by atoms with Crippen LogP contribution in [0.2, 0.25) is 0 Å². The number of halogens is 2. The first-order valence-corrected chi connectivity index (χ1v) is 6.93. The second-order valence-corrected chi connectivity index (χ2v) is 4.63. The van der Waals surface area contributed by atoms with Gasteiger partial charge in [-0.3, -0.25) is 4.79 Å². The monoisotopic (exact) mass is 309 g/mol. The predicted octanol–water partition coefficient (Wildman–Crippen LogP) is 2.82. The zero-order valence-corrected chi connectivity index (χ0v) is 12.1. The molecule has 1 N–H and O–H groups in total. The third-order valence-corrected chi connectivity index (χ3v) is 2.99. The van der Waals surface area contributed by atoms with E-state index in [1.165, 1.54) is 24.3 Å². The summed E-state index contributed by atoms with van der Waals surface area (Å²) in [5.41, 5.74) is 0.256.